The zero-order valence-corrected chi connectivity index (χ0v) is 9.97. The van der Waals surface area contributed by atoms with Crippen LogP contribution in [0.3, 0.4) is 0 Å². The zero-order valence-electron chi connectivity index (χ0n) is 9.97. The molecule has 0 atom stereocenters. The van der Waals surface area contributed by atoms with Crippen LogP contribution in [0.5, 0.6) is 0 Å². The summed E-state index contributed by atoms with van der Waals surface area (Å²) in [6, 6.07) is 9.79. The van der Waals surface area contributed by atoms with Gasteiger partial charge in [0.25, 0.3) is 0 Å². The Bertz CT molecular complexity index is 402. The Morgan fingerprint density at radius 3 is 2.38 bits per heavy atom. The van der Waals surface area contributed by atoms with Gasteiger partial charge in [0, 0.05) is 25.9 Å². The fraction of sp³-hybridized carbons (Fsp3) is 0.214. The molecule has 2 nitrogen and oxygen atoms in total. The van der Waals surface area contributed by atoms with Crippen molar-refractivity contribution in [3.05, 3.63) is 53.7 Å². The third-order valence-corrected chi connectivity index (χ3v) is 2.07. The van der Waals surface area contributed by atoms with Gasteiger partial charge < -0.3 is 4.90 Å². The maximum atomic E-state index is 11.7. The minimum atomic E-state index is 0.0394. The van der Waals surface area contributed by atoms with E-state index >= 15 is 0 Å². The Morgan fingerprint density at radius 1 is 1.19 bits per heavy atom. The second-order valence-electron chi connectivity index (χ2n) is 3.88. The minimum Gasteiger partial charge on any atom is -0.383 e. The zero-order chi connectivity index (χ0) is 12.0. The second kappa shape index (κ2) is 5.91. The maximum Gasteiger partial charge on any atom is 0.182 e. The van der Waals surface area contributed by atoms with E-state index in [0.29, 0.717) is 0 Å². The van der Waals surface area contributed by atoms with Crippen molar-refractivity contribution in [2.75, 3.05) is 14.1 Å². The van der Waals surface area contributed by atoms with Crippen LogP contribution in [0.1, 0.15) is 12.5 Å². The van der Waals surface area contributed by atoms with Gasteiger partial charge in [-0.25, -0.2) is 0 Å². The lowest BCUT2D eigenvalue weighted by Gasteiger charge is -2.05. The fourth-order valence-electron chi connectivity index (χ4n) is 1.32. The first-order chi connectivity index (χ1) is 7.59. The normalized spacial score (nSPS) is 11.8. The Hall–Kier alpha value is -1.83. The first-order valence-electron chi connectivity index (χ1n) is 5.22. The minimum absolute atomic E-state index is 0.0394. The molecule has 84 valence electrons. The van der Waals surface area contributed by atoms with Crippen LogP contribution in [0.4, 0.5) is 0 Å². The van der Waals surface area contributed by atoms with Crippen molar-refractivity contribution in [1.82, 2.24) is 4.90 Å². The molecule has 0 unspecified atom stereocenters. The molecule has 16 heavy (non-hydrogen) atoms. The molecular weight excluding hydrogens is 198 g/mol. The molecule has 0 saturated heterocycles. The van der Waals surface area contributed by atoms with Crippen LogP contribution in [0.25, 0.3) is 6.08 Å². The number of hydrogen-bond acceptors (Lipinski definition) is 2. The average Bonchev–Trinajstić information content (AvgIpc) is 2.26. The van der Waals surface area contributed by atoms with Crippen molar-refractivity contribution in [2.24, 2.45) is 0 Å². The van der Waals surface area contributed by atoms with E-state index in [-0.39, 0.29) is 5.78 Å². The lowest BCUT2D eigenvalue weighted by Crippen LogP contribution is -2.05. The number of carbonyl (C=O) groups excluding carboxylic acids is 1. The first-order valence-corrected chi connectivity index (χ1v) is 5.22. The van der Waals surface area contributed by atoms with Crippen molar-refractivity contribution in [2.45, 2.75) is 6.92 Å². The molecule has 0 aliphatic rings. The number of benzene rings is 1. The topological polar surface area (TPSA) is 20.3 Å². The Kier molecular flexibility index (Phi) is 4.52. The van der Waals surface area contributed by atoms with Gasteiger partial charge in [-0.1, -0.05) is 36.4 Å². The van der Waals surface area contributed by atoms with Gasteiger partial charge in [-0.05, 0) is 18.6 Å². The van der Waals surface area contributed by atoms with Crippen LogP contribution in [-0.2, 0) is 4.79 Å². The molecule has 2 heteroatoms. The fourth-order valence-corrected chi connectivity index (χ4v) is 1.32. The third kappa shape index (κ3) is 4.13. The van der Waals surface area contributed by atoms with E-state index in [9.17, 15) is 4.79 Å². The molecule has 0 aliphatic heterocycles. The molecule has 0 aliphatic carbocycles. The summed E-state index contributed by atoms with van der Waals surface area (Å²) in [7, 11) is 3.80. The second-order valence-corrected chi connectivity index (χ2v) is 3.88. The standard InChI is InChI=1S/C14H17NO/c1-12(11-15(2)3)14(16)10-9-13-7-5-4-6-8-13/h4-11H,1-3H3. The van der Waals surface area contributed by atoms with E-state index in [0.717, 1.165) is 11.1 Å². The van der Waals surface area contributed by atoms with Gasteiger partial charge in [0.05, 0.1) is 0 Å². The highest BCUT2D eigenvalue weighted by Gasteiger charge is 1.99. The Balaban J connectivity index is 2.68. The molecule has 0 heterocycles. The summed E-state index contributed by atoms with van der Waals surface area (Å²) in [4.78, 5) is 13.5. The van der Waals surface area contributed by atoms with Crippen LogP contribution < -0.4 is 0 Å². The SMILES string of the molecule is CC(=CN(C)C)C(=O)C=Cc1ccccc1. The van der Waals surface area contributed by atoms with Crippen molar-refractivity contribution < 1.29 is 4.79 Å². The van der Waals surface area contributed by atoms with E-state index < -0.39 is 0 Å². The predicted molar refractivity (Wildman–Crippen MR) is 67.9 cm³/mol. The van der Waals surface area contributed by atoms with Crippen molar-refractivity contribution in [1.29, 1.82) is 0 Å². The van der Waals surface area contributed by atoms with Gasteiger partial charge in [-0.3, -0.25) is 4.79 Å². The van der Waals surface area contributed by atoms with Crippen LogP contribution in [0.15, 0.2) is 48.2 Å². The molecule has 0 amide bonds. The van der Waals surface area contributed by atoms with Gasteiger partial charge in [0.2, 0.25) is 0 Å². The quantitative estimate of drug-likeness (QED) is 0.720. The summed E-state index contributed by atoms with van der Waals surface area (Å²) in [6.07, 6.45) is 5.25. The monoisotopic (exact) mass is 215 g/mol. The largest absolute Gasteiger partial charge is 0.383 e. The van der Waals surface area contributed by atoms with Crippen LogP contribution in [0.2, 0.25) is 0 Å². The molecule has 0 bridgehead atoms. The van der Waals surface area contributed by atoms with E-state index in [1.165, 1.54) is 0 Å². The highest BCUT2D eigenvalue weighted by molar-refractivity contribution is 6.05. The summed E-state index contributed by atoms with van der Waals surface area (Å²) in [5, 5.41) is 0. The molecule has 1 aromatic rings. The lowest BCUT2D eigenvalue weighted by molar-refractivity contribution is -0.111. The van der Waals surface area contributed by atoms with E-state index in [2.05, 4.69) is 0 Å². The van der Waals surface area contributed by atoms with Crippen molar-refractivity contribution in [3.63, 3.8) is 0 Å². The van der Waals surface area contributed by atoms with Crippen LogP contribution in [-0.4, -0.2) is 24.8 Å². The third-order valence-electron chi connectivity index (χ3n) is 2.07. The van der Waals surface area contributed by atoms with Crippen molar-refractivity contribution in [3.8, 4) is 0 Å². The number of carbonyl (C=O) groups is 1. The van der Waals surface area contributed by atoms with Gasteiger partial charge >= 0.3 is 0 Å². The highest BCUT2D eigenvalue weighted by atomic mass is 16.1. The molecule has 1 aromatic carbocycles. The summed E-state index contributed by atoms with van der Waals surface area (Å²) >= 11 is 0. The predicted octanol–water partition coefficient (Wildman–Crippen LogP) is 2.73. The van der Waals surface area contributed by atoms with Gasteiger partial charge in [0.15, 0.2) is 5.78 Å². The number of hydrogen-bond donors (Lipinski definition) is 0. The number of rotatable bonds is 4. The molecule has 0 N–H and O–H groups in total. The Labute approximate surface area is 96.9 Å². The summed E-state index contributed by atoms with van der Waals surface area (Å²) in [5.74, 6) is 0.0394. The van der Waals surface area contributed by atoms with E-state index in [1.807, 2.05) is 68.5 Å². The number of allylic oxidation sites excluding steroid dienone is 2. The lowest BCUT2D eigenvalue weighted by atomic mass is 10.1. The smallest absolute Gasteiger partial charge is 0.182 e. The van der Waals surface area contributed by atoms with Crippen LogP contribution >= 0.6 is 0 Å². The van der Waals surface area contributed by atoms with Gasteiger partial charge in [0.1, 0.15) is 0 Å². The highest BCUT2D eigenvalue weighted by Crippen LogP contribution is 2.03. The molecule has 0 radical (unpaired) electrons. The molecule has 0 saturated carbocycles. The average molecular weight is 215 g/mol. The van der Waals surface area contributed by atoms with Gasteiger partial charge in [-0.2, -0.15) is 0 Å². The summed E-state index contributed by atoms with van der Waals surface area (Å²) < 4.78 is 0. The molecule has 0 spiro atoms. The number of nitrogens with zero attached hydrogens (tertiary/aromatic N) is 1. The van der Waals surface area contributed by atoms with E-state index in [1.54, 1.807) is 6.08 Å². The van der Waals surface area contributed by atoms with Gasteiger partial charge in [-0.15, -0.1) is 0 Å². The molecular formula is C14H17NO. The Morgan fingerprint density at radius 2 is 1.81 bits per heavy atom. The van der Waals surface area contributed by atoms with Crippen LogP contribution in [0, 0.1) is 0 Å². The van der Waals surface area contributed by atoms with E-state index in [4.69, 9.17) is 0 Å². The molecule has 0 fully saturated rings. The first kappa shape index (κ1) is 12.2. The molecule has 0 aromatic heterocycles. The summed E-state index contributed by atoms with van der Waals surface area (Å²) in [6.45, 7) is 1.82. The maximum absolute atomic E-state index is 11.7. The molecule has 1 rings (SSSR count). The van der Waals surface area contributed by atoms with Crippen molar-refractivity contribution >= 4 is 11.9 Å². The number of ketones is 1. The summed E-state index contributed by atoms with van der Waals surface area (Å²) in [5.41, 5.74) is 1.77.